The molecule has 0 saturated heterocycles. The molecule has 3 heteroatoms. The standard InChI is InChI=1S/C14H18BrNO/c15-12-6-10-2-5-17-13(10)11(7-12)8-14(9-16)3-1-4-14/h6-7H,1-5,8-9,16H2. The molecule has 0 atom stereocenters. The van der Waals surface area contributed by atoms with E-state index in [4.69, 9.17) is 10.5 Å². The van der Waals surface area contributed by atoms with Gasteiger partial charge in [0.05, 0.1) is 6.61 Å². The van der Waals surface area contributed by atoms with Crippen LogP contribution in [0.4, 0.5) is 0 Å². The zero-order chi connectivity index (χ0) is 11.9. The number of ether oxygens (including phenoxy) is 1. The van der Waals surface area contributed by atoms with Crippen molar-refractivity contribution in [3.63, 3.8) is 0 Å². The molecule has 0 spiro atoms. The third-order valence-corrected chi connectivity index (χ3v) is 4.70. The topological polar surface area (TPSA) is 35.2 Å². The molecular weight excluding hydrogens is 278 g/mol. The van der Waals surface area contributed by atoms with Crippen LogP contribution in [-0.2, 0) is 12.8 Å². The molecule has 1 aliphatic carbocycles. The summed E-state index contributed by atoms with van der Waals surface area (Å²) in [6, 6.07) is 4.39. The Labute approximate surface area is 111 Å². The maximum atomic E-state index is 5.95. The fourth-order valence-corrected chi connectivity index (χ4v) is 3.56. The minimum absolute atomic E-state index is 0.348. The molecule has 2 nitrogen and oxygen atoms in total. The third kappa shape index (κ3) is 2.00. The Morgan fingerprint density at radius 3 is 2.82 bits per heavy atom. The lowest BCUT2D eigenvalue weighted by Gasteiger charge is -2.41. The summed E-state index contributed by atoms with van der Waals surface area (Å²) in [4.78, 5) is 0. The second-order valence-electron chi connectivity index (χ2n) is 5.39. The van der Waals surface area contributed by atoms with Gasteiger partial charge in [0.2, 0.25) is 0 Å². The molecule has 0 unspecified atom stereocenters. The minimum Gasteiger partial charge on any atom is -0.493 e. The highest BCUT2D eigenvalue weighted by atomic mass is 79.9. The second-order valence-corrected chi connectivity index (χ2v) is 6.30. The summed E-state index contributed by atoms with van der Waals surface area (Å²) in [5.41, 5.74) is 8.99. The van der Waals surface area contributed by atoms with Crippen molar-refractivity contribution in [2.75, 3.05) is 13.2 Å². The van der Waals surface area contributed by atoms with Gasteiger partial charge in [0.25, 0.3) is 0 Å². The van der Waals surface area contributed by atoms with E-state index in [2.05, 4.69) is 28.1 Å². The Balaban J connectivity index is 1.92. The summed E-state index contributed by atoms with van der Waals surface area (Å²) in [6.07, 6.45) is 5.98. The summed E-state index contributed by atoms with van der Waals surface area (Å²) in [7, 11) is 0. The summed E-state index contributed by atoms with van der Waals surface area (Å²) < 4.78 is 6.95. The molecule has 0 amide bonds. The Morgan fingerprint density at radius 1 is 1.35 bits per heavy atom. The molecule has 2 N–H and O–H groups in total. The molecule has 1 fully saturated rings. The predicted octanol–water partition coefficient (Wildman–Crippen LogP) is 3.06. The molecule has 1 aromatic rings. The van der Waals surface area contributed by atoms with Crippen LogP contribution in [-0.4, -0.2) is 13.2 Å². The number of rotatable bonds is 3. The van der Waals surface area contributed by atoms with Gasteiger partial charge in [0, 0.05) is 10.9 Å². The lowest BCUT2D eigenvalue weighted by atomic mass is 9.65. The summed E-state index contributed by atoms with van der Waals surface area (Å²) in [5, 5.41) is 0. The molecule has 1 heterocycles. The fraction of sp³-hybridized carbons (Fsp3) is 0.571. The quantitative estimate of drug-likeness (QED) is 0.930. The van der Waals surface area contributed by atoms with Crippen LogP contribution in [0.2, 0.25) is 0 Å². The summed E-state index contributed by atoms with van der Waals surface area (Å²) in [6.45, 7) is 1.63. The van der Waals surface area contributed by atoms with Gasteiger partial charge in [0.15, 0.2) is 0 Å². The Morgan fingerprint density at radius 2 is 2.18 bits per heavy atom. The Hall–Kier alpha value is -0.540. The highest BCUT2D eigenvalue weighted by Crippen LogP contribution is 2.45. The van der Waals surface area contributed by atoms with E-state index in [-0.39, 0.29) is 0 Å². The van der Waals surface area contributed by atoms with Gasteiger partial charge < -0.3 is 10.5 Å². The van der Waals surface area contributed by atoms with Crippen LogP contribution >= 0.6 is 15.9 Å². The van der Waals surface area contributed by atoms with Crippen molar-refractivity contribution in [3.05, 3.63) is 27.7 Å². The lowest BCUT2D eigenvalue weighted by Crippen LogP contribution is -2.39. The molecule has 0 aromatic heterocycles. The van der Waals surface area contributed by atoms with E-state index >= 15 is 0 Å². The van der Waals surface area contributed by atoms with Crippen molar-refractivity contribution in [2.24, 2.45) is 11.1 Å². The highest BCUT2D eigenvalue weighted by molar-refractivity contribution is 9.10. The van der Waals surface area contributed by atoms with Gasteiger partial charge in [-0.1, -0.05) is 22.4 Å². The van der Waals surface area contributed by atoms with Gasteiger partial charge in [-0.05, 0) is 54.5 Å². The summed E-state index contributed by atoms with van der Waals surface area (Å²) >= 11 is 3.60. The zero-order valence-electron chi connectivity index (χ0n) is 9.97. The third-order valence-electron chi connectivity index (χ3n) is 4.24. The molecule has 3 rings (SSSR count). The molecule has 2 aliphatic rings. The van der Waals surface area contributed by atoms with E-state index in [1.54, 1.807) is 0 Å². The van der Waals surface area contributed by atoms with Gasteiger partial charge in [-0.25, -0.2) is 0 Å². The van der Waals surface area contributed by atoms with Crippen LogP contribution in [0, 0.1) is 5.41 Å². The number of nitrogens with two attached hydrogens (primary N) is 1. The van der Waals surface area contributed by atoms with Crippen LogP contribution in [0.25, 0.3) is 0 Å². The average molecular weight is 296 g/mol. The first-order valence-electron chi connectivity index (χ1n) is 6.37. The lowest BCUT2D eigenvalue weighted by molar-refractivity contribution is 0.143. The maximum absolute atomic E-state index is 5.95. The van der Waals surface area contributed by atoms with Crippen LogP contribution in [0.5, 0.6) is 5.75 Å². The number of benzene rings is 1. The SMILES string of the molecule is NCC1(Cc2cc(Br)cc3c2OCC3)CCC1. The summed E-state index contributed by atoms with van der Waals surface area (Å²) in [5.74, 6) is 1.13. The average Bonchev–Trinajstić information content (AvgIpc) is 2.71. The zero-order valence-corrected chi connectivity index (χ0v) is 11.6. The first-order valence-corrected chi connectivity index (χ1v) is 7.16. The Kier molecular flexibility index (Phi) is 2.91. The number of halogens is 1. The smallest absolute Gasteiger partial charge is 0.125 e. The van der Waals surface area contributed by atoms with Gasteiger partial charge in [-0.2, -0.15) is 0 Å². The van der Waals surface area contributed by atoms with E-state index in [9.17, 15) is 0 Å². The minimum atomic E-state index is 0.348. The van der Waals surface area contributed by atoms with E-state index in [1.807, 2.05) is 0 Å². The van der Waals surface area contributed by atoms with E-state index in [0.29, 0.717) is 5.41 Å². The molecule has 17 heavy (non-hydrogen) atoms. The van der Waals surface area contributed by atoms with Crippen molar-refractivity contribution >= 4 is 15.9 Å². The molecule has 0 bridgehead atoms. The highest BCUT2D eigenvalue weighted by Gasteiger charge is 2.37. The molecule has 1 aromatic carbocycles. The fourth-order valence-electron chi connectivity index (χ4n) is 3.01. The van der Waals surface area contributed by atoms with Crippen LogP contribution in [0.1, 0.15) is 30.4 Å². The van der Waals surface area contributed by atoms with Gasteiger partial charge in [0.1, 0.15) is 5.75 Å². The van der Waals surface area contributed by atoms with Crippen LogP contribution < -0.4 is 10.5 Å². The van der Waals surface area contributed by atoms with E-state index < -0.39 is 0 Å². The van der Waals surface area contributed by atoms with Crippen molar-refractivity contribution in [3.8, 4) is 5.75 Å². The number of hydrogen-bond acceptors (Lipinski definition) is 2. The van der Waals surface area contributed by atoms with E-state index in [1.165, 1.54) is 34.9 Å². The molecule has 92 valence electrons. The van der Waals surface area contributed by atoms with E-state index in [0.717, 1.165) is 31.7 Å². The van der Waals surface area contributed by atoms with Crippen molar-refractivity contribution in [1.82, 2.24) is 0 Å². The van der Waals surface area contributed by atoms with Gasteiger partial charge >= 0.3 is 0 Å². The molecular formula is C14H18BrNO. The number of hydrogen-bond donors (Lipinski definition) is 1. The molecule has 1 aliphatic heterocycles. The van der Waals surface area contributed by atoms with Crippen molar-refractivity contribution in [1.29, 1.82) is 0 Å². The Bertz CT molecular complexity index is 435. The largest absolute Gasteiger partial charge is 0.493 e. The first kappa shape index (κ1) is 11.5. The molecule has 0 radical (unpaired) electrons. The first-order chi connectivity index (χ1) is 8.22. The monoisotopic (exact) mass is 295 g/mol. The molecule has 1 saturated carbocycles. The second kappa shape index (κ2) is 4.29. The van der Waals surface area contributed by atoms with Crippen LogP contribution in [0.15, 0.2) is 16.6 Å². The maximum Gasteiger partial charge on any atom is 0.125 e. The number of fused-ring (bicyclic) bond motifs is 1. The van der Waals surface area contributed by atoms with Crippen molar-refractivity contribution < 1.29 is 4.74 Å². The van der Waals surface area contributed by atoms with Gasteiger partial charge in [-0.3, -0.25) is 0 Å². The van der Waals surface area contributed by atoms with Crippen LogP contribution in [0.3, 0.4) is 0 Å². The normalized spacial score (nSPS) is 20.6. The van der Waals surface area contributed by atoms with Crippen molar-refractivity contribution in [2.45, 2.75) is 32.1 Å². The van der Waals surface area contributed by atoms with Gasteiger partial charge in [-0.15, -0.1) is 0 Å². The predicted molar refractivity (Wildman–Crippen MR) is 72.4 cm³/mol.